The summed E-state index contributed by atoms with van der Waals surface area (Å²) < 4.78 is 40.9. The number of nitrogens with one attached hydrogen (secondary N) is 1. The van der Waals surface area contributed by atoms with Gasteiger partial charge in [-0.25, -0.2) is 4.98 Å². The lowest BCUT2D eigenvalue weighted by molar-refractivity contribution is -0.132. The number of nitrogens with zero attached hydrogens (tertiary/aromatic N) is 1. The van der Waals surface area contributed by atoms with Gasteiger partial charge in [0, 0.05) is 11.3 Å². The summed E-state index contributed by atoms with van der Waals surface area (Å²) in [6.45, 7) is 0. The van der Waals surface area contributed by atoms with Crippen LogP contribution in [-0.4, -0.2) is 21.9 Å². The second kappa shape index (κ2) is 3.86. The number of carbonyl (C=O) groups is 1. The maximum atomic E-state index is 13.6. The average molecular weight is 318 g/mol. The molecule has 1 N–H and O–H groups in total. The Morgan fingerprint density at radius 1 is 1.30 bits per heavy atom. The number of benzene rings is 1. The Bertz CT molecular complexity index is 908. The lowest BCUT2D eigenvalue weighted by Crippen LogP contribution is -2.34. The molecule has 1 saturated carbocycles. The van der Waals surface area contributed by atoms with E-state index >= 15 is 0 Å². The number of aromatic nitrogens is 2. The normalized spacial score (nSPS) is 29.3. The Kier molecular flexibility index (Phi) is 2.24. The summed E-state index contributed by atoms with van der Waals surface area (Å²) in [5, 5.41) is 0. The first-order chi connectivity index (χ1) is 10.9. The number of rotatable bonds is 0. The molecule has 0 saturated heterocycles. The van der Waals surface area contributed by atoms with Crippen LogP contribution in [0.3, 0.4) is 0 Å². The molecule has 2 aromatic rings. The van der Waals surface area contributed by atoms with Gasteiger partial charge in [-0.3, -0.25) is 4.79 Å². The van der Waals surface area contributed by atoms with Crippen LogP contribution in [0.1, 0.15) is 30.4 Å². The monoisotopic (exact) mass is 318 g/mol. The Hall–Kier alpha value is -2.11. The SMILES string of the molecule is O=C1C(C(F)(F)F)=C2c3ccc4[nH]cnc4c3C[C@@]23CC[C@@H]1C3. The molecule has 1 heterocycles. The van der Waals surface area contributed by atoms with Gasteiger partial charge in [-0.05, 0) is 48.4 Å². The highest BCUT2D eigenvalue weighted by molar-refractivity contribution is 6.10. The third-order valence-corrected chi connectivity index (χ3v) is 5.77. The number of carbonyl (C=O) groups excluding carboxylic acids is 1. The highest BCUT2D eigenvalue weighted by Crippen LogP contribution is 2.64. The number of alkyl halides is 3. The molecule has 2 bridgehead atoms. The van der Waals surface area contributed by atoms with E-state index in [1.165, 1.54) is 0 Å². The zero-order valence-electron chi connectivity index (χ0n) is 12.1. The van der Waals surface area contributed by atoms with Crippen molar-refractivity contribution in [3.05, 3.63) is 35.2 Å². The average Bonchev–Trinajstić information content (AvgIpc) is 3.15. The lowest BCUT2D eigenvalue weighted by Gasteiger charge is -2.33. The van der Waals surface area contributed by atoms with E-state index in [2.05, 4.69) is 9.97 Å². The third-order valence-electron chi connectivity index (χ3n) is 5.77. The van der Waals surface area contributed by atoms with Crippen molar-refractivity contribution < 1.29 is 18.0 Å². The molecule has 6 heteroatoms. The van der Waals surface area contributed by atoms with E-state index in [4.69, 9.17) is 0 Å². The Balaban J connectivity index is 1.89. The standard InChI is InChI=1S/C17H13F3N2O/c18-17(19,20)13-12-9-1-2-11-14(22-7-21-11)10(9)6-16(12)4-3-8(5-16)15(13)23/h1-2,7-8H,3-6H2,(H,21,22)/t8-,16+/m1/s1. The largest absolute Gasteiger partial charge is 0.420 e. The summed E-state index contributed by atoms with van der Waals surface area (Å²) in [5.41, 5.74) is 1.80. The number of imidazole rings is 1. The van der Waals surface area contributed by atoms with Crippen LogP contribution in [0.5, 0.6) is 0 Å². The van der Waals surface area contributed by atoms with Crippen LogP contribution >= 0.6 is 0 Å². The number of aromatic amines is 1. The fourth-order valence-corrected chi connectivity index (χ4v) is 4.94. The van der Waals surface area contributed by atoms with Gasteiger partial charge < -0.3 is 4.98 Å². The molecule has 0 aliphatic heterocycles. The quantitative estimate of drug-likeness (QED) is 0.803. The fourth-order valence-electron chi connectivity index (χ4n) is 4.94. The number of halogens is 3. The maximum absolute atomic E-state index is 13.6. The number of hydrogen-bond acceptors (Lipinski definition) is 2. The minimum Gasteiger partial charge on any atom is -0.345 e. The van der Waals surface area contributed by atoms with E-state index in [1.54, 1.807) is 18.5 Å². The van der Waals surface area contributed by atoms with E-state index in [1.807, 2.05) is 0 Å². The van der Waals surface area contributed by atoms with Crippen LogP contribution in [0.2, 0.25) is 0 Å². The van der Waals surface area contributed by atoms with Crippen LogP contribution in [0, 0.1) is 11.3 Å². The van der Waals surface area contributed by atoms with E-state index in [-0.39, 0.29) is 5.57 Å². The summed E-state index contributed by atoms with van der Waals surface area (Å²) in [6.07, 6.45) is -0.724. The highest BCUT2D eigenvalue weighted by atomic mass is 19.4. The molecule has 0 unspecified atom stereocenters. The number of hydrogen-bond donors (Lipinski definition) is 1. The molecule has 1 aromatic heterocycles. The zero-order valence-corrected chi connectivity index (χ0v) is 12.1. The van der Waals surface area contributed by atoms with E-state index in [9.17, 15) is 18.0 Å². The van der Waals surface area contributed by atoms with Gasteiger partial charge in [-0.15, -0.1) is 0 Å². The minimum absolute atomic E-state index is 0.239. The van der Waals surface area contributed by atoms with Crippen LogP contribution < -0.4 is 0 Å². The van der Waals surface area contributed by atoms with Gasteiger partial charge in [0.25, 0.3) is 0 Å². The first kappa shape index (κ1) is 13.3. The van der Waals surface area contributed by atoms with Crippen molar-refractivity contribution in [1.29, 1.82) is 0 Å². The van der Waals surface area contributed by atoms with Crippen molar-refractivity contribution in [2.45, 2.75) is 31.9 Å². The van der Waals surface area contributed by atoms with Crippen LogP contribution in [-0.2, 0) is 11.2 Å². The van der Waals surface area contributed by atoms with Gasteiger partial charge in [-0.1, -0.05) is 6.07 Å². The summed E-state index contributed by atoms with van der Waals surface area (Å²) in [4.78, 5) is 19.7. The fraction of sp³-hybridized carbons (Fsp3) is 0.412. The summed E-state index contributed by atoms with van der Waals surface area (Å²) in [6, 6.07) is 3.48. The molecule has 3 aliphatic rings. The number of H-pyrrole nitrogens is 1. The smallest absolute Gasteiger partial charge is 0.345 e. The van der Waals surface area contributed by atoms with E-state index in [0.717, 1.165) is 16.6 Å². The van der Waals surface area contributed by atoms with Crippen molar-refractivity contribution in [2.24, 2.45) is 11.3 Å². The summed E-state index contributed by atoms with van der Waals surface area (Å²) >= 11 is 0. The molecule has 1 aromatic carbocycles. The van der Waals surface area contributed by atoms with Gasteiger partial charge in [-0.2, -0.15) is 13.2 Å². The molecule has 3 nitrogen and oxygen atoms in total. The number of allylic oxidation sites excluding steroid dienone is 2. The van der Waals surface area contributed by atoms with Crippen molar-refractivity contribution in [3.8, 4) is 0 Å². The summed E-state index contributed by atoms with van der Waals surface area (Å²) in [7, 11) is 0. The molecule has 118 valence electrons. The zero-order chi connectivity index (χ0) is 16.0. The van der Waals surface area contributed by atoms with Crippen molar-refractivity contribution in [1.82, 2.24) is 9.97 Å². The Morgan fingerprint density at radius 3 is 2.91 bits per heavy atom. The second-order valence-corrected chi connectivity index (χ2v) is 6.90. The Morgan fingerprint density at radius 2 is 2.13 bits per heavy atom. The molecule has 1 spiro atoms. The van der Waals surface area contributed by atoms with Crippen LogP contribution in [0.15, 0.2) is 24.0 Å². The van der Waals surface area contributed by atoms with Crippen molar-refractivity contribution in [3.63, 3.8) is 0 Å². The highest BCUT2D eigenvalue weighted by Gasteiger charge is 2.59. The Labute approximate surface area is 129 Å². The van der Waals surface area contributed by atoms with Gasteiger partial charge in [0.05, 0.1) is 17.4 Å². The number of fused-ring (bicyclic) bond motifs is 5. The second-order valence-electron chi connectivity index (χ2n) is 6.90. The van der Waals surface area contributed by atoms with Crippen molar-refractivity contribution in [2.75, 3.05) is 0 Å². The summed E-state index contributed by atoms with van der Waals surface area (Å²) in [5.74, 6) is -1.19. The van der Waals surface area contributed by atoms with E-state index in [0.29, 0.717) is 31.2 Å². The minimum atomic E-state index is -4.59. The lowest BCUT2D eigenvalue weighted by atomic mass is 9.71. The molecule has 3 aliphatic carbocycles. The van der Waals surface area contributed by atoms with Gasteiger partial charge >= 0.3 is 6.18 Å². The van der Waals surface area contributed by atoms with Crippen LogP contribution in [0.4, 0.5) is 13.2 Å². The topological polar surface area (TPSA) is 45.8 Å². The van der Waals surface area contributed by atoms with E-state index < -0.39 is 28.9 Å². The molecular formula is C17H13F3N2O. The van der Waals surface area contributed by atoms with Gasteiger partial charge in [0.2, 0.25) is 0 Å². The predicted molar refractivity (Wildman–Crippen MR) is 77.6 cm³/mol. The maximum Gasteiger partial charge on any atom is 0.420 e. The molecule has 23 heavy (non-hydrogen) atoms. The molecule has 0 radical (unpaired) electrons. The first-order valence-corrected chi connectivity index (χ1v) is 7.72. The number of Topliss-reactive ketones (excluding diaryl/α,β-unsaturated/α-hetero) is 1. The third kappa shape index (κ3) is 1.51. The number of ketones is 1. The van der Waals surface area contributed by atoms with Gasteiger partial charge in [0.15, 0.2) is 5.78 Å². The van der Waals surface area contributed by atoms with Gasteiger partial charge in [0.1, 0.15) is 5.57 Å². The predicted octanol–water partition coefficient (Wildman–Crippen LogP) is 3.80. The first-order valence-electron chi connectivity index (χ1n) is 7.72. The molecular weight excluding hydrogens is 305 g/mol. The van der Waals surface area contributed by atoms with Crippen LogP contribution in [0.25, 0.3) is 16.6 Å². The molecule has 5 rings (SSSR count). The molecule has 0 amide bonds. The molecule has 2 atom stereocenters. The molecule has 1 fully saturated rings. The van der Waals surface area contributed by atoms with Crippen molar-refractivity contribution >= 4 is 22.4 Å².